The van der Waals surface area contributed by atoms with E-state index in [4.69, 9.17) is 0 Å². The Balaban J connectivity index is 2.00. The third-order valence-electron chi connectivity index (χ3n) is 2.77. The summed E-state index contributed by atoms with van der Waals surface area (Å²) in [5, 5.41) is 9.63. The first-order valence-electron chi connectivity index (χ1n) is 6.28. The molecule has 3 aromatic rings. The minimum atomic E-state index is 0.662. The monoisotopic (exact) mass is 396 g/mol. The molecule has 0 saturated heterocycles. The zero-order valence-corrected chi connectivity index (χ0v) is 13.8. The first kappa shape index (κ1) is 13.6. The lowest BCUT2D eigenvalue weighted by Crippen LogP contribution is -2.04. The van der Waals surface area contributed by atoms with Gasteiger partial charge in [-0.2, -0.15) is 4.98 Å². The van der Waals surface area contributed by atoms with Crippen LogP contribution in [0.15, 0.2) is 35.7 Å². The number of fused-ring (bicyclic) bond motifs is 1. The third-order valence-corrected chi connectivity index (χ3v) is 4.29. The number of aromatic nitrogens is 2. The van der Waals surface area contributed by atoms with Crippen LogP contribution in [-0.4, -0.2) is 16.5 Å². The molecule has 0 aliphatic rings. The molecule has 0 bridgehead atoms. The lowest BCUT2D eigenvalue weighted by Gasteiger charge is -2.09. The Morgan fingerprint density at radius 1 is 1.15 bits per heavy atom. The Bertz CT molecular complexity index is 724. The summed E-state index contributed by atoms with van der Waals surface area (Å²) < 4.78 is 1.21. The molecular formula is C14H13IN4S. The van der Waals surface area contributed by atoms with Crippen molar-refractivity contribution in [3.8, 4) is 0 Å². The van der Waals surface area contributed by atoms with Crippen molar-refractivity contribution in [3.63, 3.8) is 0 Å². The van der Waals surface area contributed by atoms with Crippen LogP contribution in [0.2, 0.25) is 0 Å². The third kappa shape index (κ3) is 2.85. The molecule has 0 saturated carbocycles. The van der Waals surface area contributed by atoms with Crippen molar-refractivity contribution in [2.45, 2.75) is 6.92 Å². The van der Waals surface area contributed by atoms with Gasteiger partial charge in [-0.3, -0.25) is 0 Å². The van der Waals surface area contributed by atoms with Crippen LogP contribution < -0.4 is 10.6 Å². The maximum Gasteiger partial charge on any atom is 0.226 e. The molecule has 0 aliphatic heterocycles. The van der Waals surface area contributed by atoms with Crippen molar-refractivity contribution >= 4 is 61.6 Å². The van der Waals surface area contributed by atoms with Gasteiger partial charge >= 0.3 is 0 Å². The topological polar surface area (TPSA) is 49.8 Å². The number of anilines is 3. The van der Waals surface area contributed by atoms with E-state index in [-0.39, 0.29) is 0 Å². The predicted octanol–water partition coefficient (Wildman–Crippen LogP) is 4.47. The Kier molecular flexibility index (Phi) is 4.02. The molecule has 102 valence electrons. The fourth-order valence-corrected chi connectivity index (χ4v) is 2.98. The molecule has 0 spiro atoms. The highest BCUT2D eigenvalue weighted by Crippen LogP contribution is 2.28. The molecule has 0 amide bonds. The molecular weight excluding hydrogens is 383 g/mol. The summed E-state index contributed by atoms with van der Waals surface area (Å²) in [5.41, 5.74) is 1.03. The van der Waals surface area contributed by atoms with Crippen molar-refractivity contribution in [1.82, 2.24) is 9.97 Å². The number of thiophene rings is 1. The SMILES string of the molecule is CCNc1nc(Nc2ccc(I)cc2)c2ccsc2n1. The van der Waals surface area contributed by atoms with Gasteiger partial charge in [-0.15, -0.1) is 11.3 Å². The van der Waals surface area contributed by atoms with Crippen molar-refractivity contribution in [2.24, 2.45) is 0 Å². The summed E-state index contributed by atoms with van der Waals surface area (Å²) in [6, 6.07) is 10.3. The average Bonchev–Trinajstić information content (AvgIpc) is 2.90. The number of halogens is 1. The summed E-state index contributed by atoms with van der Waals surface area (Å²) in [6.07, 6.45) is 0. The fraction of sp³-hybridized carbons (Fsp3) is 0.143. The quantitative estimate of drug-likeness (QED) is 0.639. The van der Waals surface area contributed by atoms with Gasteiger partial charge < -0.3 is 10.6 Å². The molecule has 6 heteroatoms. The number of hydrogen-bond donors (Lipinski definition) is 2. The van der Waals surface area contributed by atoms with Crippen LogP contribution >= 0.6 is 33.9 Å². The second-order valence-corrected chi connectivity index (χ2v) is 6.34. The Morgan fingerprint density at radius 2 is 1.95 bits per heavy atom. The minimum absolute atomic E-state index is 0.662. The minimum Gasteiger partial charge on any atom is -0.354 e. The van der Waals surface area contributed by atoms with Crippen LogP contribution in [0.1, 0.15) is 6.92 Å². The predicted molar refractivity (Wildman–Crippen MR) is 94.0 cm³/mol. The summed E-state index contributed by atoms with van der Waals surface area (Å²) in [6.45, 7) is 2.84. The van der Waals surface area contributed by atoms with Crippen molar-refractivity contribution < 1.29 is 0 Å². The Labute approximate surface area is 134 Å². The largest absolute Gasteiger partial charge is 0.354 e. The summed E-state index contributed by atoms with van der Waals surface area (Å²) >= 11 is 3.92. The molecule has 0 aliphatic carbocycles. The van der Waals surface area contributed by atoms with Crippen LogP contribution in [0.3, 0.4) is 0 Å². The molecule has 2 heterocycles. The molecule has 0 radical (unpaired) electrons. The summed E-state index contributed by atoms with van der Waals surface area (Å²) in [5.74, 6) is 1.50. The van der Waals surface area contributed by atoms with Crippen molar-refractivity contribution in [3.05, 3.63) is 39.3 Å². The van der Waals surface area contributed by atoms with Gasteiger partial charge in [-0.1, -0.05) is 0 Å². The standard InChI is InChI=1S/C14H13IN4S/c1-2-16-14-18-12(11-7-8-20-13(11)19-14)17-10-5-3-9(15)4-6-10/h3-8H,2H2,1H3,(H2,16,17,18,19). The zero-order chi connectivity index (χ0) is 13.9. The van der Waals surface area contributed by atoms with E-state index in [1.54, 1.807) is 11.3 Å². The second kappa shape index (κ2) is 5.92. The molecule has 4 nitrogen and oxygen atoms in total. The number of nitrogens with one attached hydrogen (secondary N) is 2. The Hall–Kier alpha value is -1.41. The van der Waals surface area contributed by atoms with Gasteiger partial charge in [-0.25, -0.2) is 4.98 Å². The molecule has 3 rings (SSSR count). The second-order valence-electron chi connectivity index (χ2n) is 4.20. The van der Waals surface area contributed by atoms with Crippen LogP contribution in [0.25, 0.3) is 10.2 Å². The van der Waals surface area contributed by atoms with Crippen molar-refractivity contribution in [2.75, 3.05) is 17.2 Å². The maximum atomic E-state index is 4.55. The van der Waals surface area contributed by atoms with E-state index < -0.39 is 0 Å². The number of nitrogens with zero attached hydrogens (tertiary/aromatic N) is 2. The van der Waals surface area contributed by atoms with Gasteiger partial charge in [0.25, 0.3) is 0 Å². The van der Waals surface area contributed by atoms with E-state index in [0.717, 1.165) is 28.3 Å². The fourth-order valence-electron chi connectivity index (χ4n) is 1.86. The van der Waals surface area contributed by atoms with Crippen LogP contribution in [0.5, 0.6) is 0 Å². The highest BCUT2D eigenvalue weighted by molar-refractivity contribution is 14.1. The first-order valence-corrected chi connectivity index (χ1v) is 8.24. The van der Waals surface area contributed by atoms with Gasteiger partial charge in [0, 0.05) is 15.8 Å². The number of benzene rings is 1. The van der Waals surface area contributed by atoms with Gasteiger partial charge in [0.1, 0.15) is 10.6 Å². The summed E-state index contributed by atoms with van der Waals surface area (Å²) in [7, 11) is 0. The van der Waals surface area contributed by atoms with Crippen molar-refractivity contribution in [1.29, 1.82) is 0 Å². The lowest BCUT2D eigenvalue weighted by molar-refractivity contribution is 1.11. The first-order chi connectivity index (χ1) is 9.76. The molecule has 2 aromatic heterocycles. The number of rotatable bonds is 4. The molecule has 1 aromatic carbocycles. The molecule has 20 heavy (non-hydrogen) atoms. The van der Waals surface area contributed by atoms with Crippen LogP contribution in [0, 0.1) is 3.57 Å². The molecule has 2 N–H and O–H groups in total. The van der Waals surface area contributed by atoms with E-state index in [9.17, 15) is 0 Å². The smallest absolute Gasteiger partial charge is 0.226 e. The van der Waals surface area contributed by atoms with Crippen LogP contribution in [0.4, 0.5) is 17.5 Å². The highest BCUT2D eigenvalue weighted by atomic mass is 127. The van der Waals surface area contributed by atoms with E-state index >= 15 is 0 Å². The van der Waals surface area contributed by atoms with Crippen LogP contribution in [-0.2, 0) is 0 Å². The zero-order valence-electron chi connectivity index (χ0n) is 10.9. The van der Waals surface area contributed by atoms with E-state index in [0.29, 0.717) is 5.95 Å². The number of hydrogen-bond acceptors (Lipinski definition) is 5. The van der Waals surface area contributed by atoms with E-state index in [1.165, 1.54) is 3.57 Å². The molecule has 0 fully saturated rings. The highest BCUT2D eigenvalue weighted by Gasteiger charge is 2.08. The normalized spacial score (nSPS) is 10.7. The van der Waals surface area contributed by atoms with E-state index in [2.05, 4.69) is 67.5 Å². The lowest BCUT2D eigenvalue weighted by atomic mass is 10.3. The summed E-state index contributed by atoms with van der Waals surface area (Å²) in [4.78, 5) is 10.0. The van der Waals surface area contributed by atoms with Gasteiger partial charge in [0.15, 0.2) is 0 Å². The van der Waals surface area contributed by atoms with Gasteiger partial charge in [-0.05, 0) is 65.2 Å². The maximum absolute atomic E-state index is 4.55. The molecule has 0 unspecified atom stereocenters. The van der Waals surface area contributed by atoms with Gasteiger partial charge in [0.05, 0.1) is 5.39 Å². The van der Waals surface area contributed by atoms with Gasteiger partial charge in [0.2, 0.25) is 5.95 Å². The van der Waals surface area contributed by atoms with E-state index in [1.807, 2.05) is 18.4 Å². The molecule has 0 atom stereocenters. The average molecular weight is 396 g/mol. The Morgan fingerprint density at radius 3 is 2.70 bits per heavy atom.